The van der Waals surface area contributed by atoms with Gasteiger partial charge in [0.05, 0.1) is 31.4 Å². The number of amides is 1. The van der Waals surface area contributed by atoms with Crippen LogP contribution < -0.4 is 10.1 Å². The molecule has 1 amide bonds. The van der Waals surface area contributed by atoms with Crippen molar-refractivity contribution in [1.82, 2.24) is 5.32 Å². The second-order valence-corrected chi connectivity index (χ2v) is 4.61. The van der Waals surface area contributed by atoms with Gasteiger partial charge in [-0.1, -0.05) is 11.6 Å². The van der Waals surface area contributed by atoms with E-state index in [-0.39, 0.29) is 18.8 Å². The highest BCUT2D eigenvalue weighted by Crippen LogP contribution is 2.23. The van der Waals surface area contributed by atoms with Crippen LogP contribution in [0.2, 0.25) is 5.02 Å². The van der Waals surface area contributed by atoms with Crippen LogP contribution in [-0.4, -0.2) is 42.0 Å². The second-order valence-electron chi connectivity index (χ2n) is 4.18. The number of halogens is 1. The molecular formula is C12H16ClNO4. The first-order valence-electron chi connectivity index (χ1n) is 5.33. The molecule has 0 saturated heterocycles. The number of benzene rings is 1. The van der Waals surface area contributed by atoms with Gasteiger partial charge in [-0.05, 0) is 25.1 Å². The molecule has 1 aromatic carbocycles. The minimum atomic E-state index is -1.08. The summed E-state index contributed by atoms with van der Waals surface area (Å²) in [5, 5.41) is 21.2. The summed E-state index contributed by atoms with van der Waals surface area (Å²) in [6.07, 6.45) is 0. The monoisotopic (exact) mass is 273 g/mol. The molecule has 18 heavy (non-hydrogen) atoms. The molecular weight excluding hydrogens is 258 g/mol. The average Bonchev–Trinajstić information content (AvgIpc) is 2.38. The Morgan fingerprint density at radius 2 is 2.06 bits per heavy atom. The van der Waals surface area contributed by atoms with Gasteiger partial charge < -0.3 is 20.3 Å². The highest BCUT2D eigenvalue weighted by Gasteiger charge is 2.26. The van der Waals surface area contributed by atoms with Gasteiger partial charge >= 0.3 is 0 Å². The molecule has 0 heterocycles. The van der Waals surface area contributed by atoms with Crippen molar-refractivity contribution in [2.24, 2.45) is 0 Å². The Bertz CT molecular complexity index is 432. The van der Waals surface area contributed by atoms with E-state index in [1.165, 1.54) is 26.2 Å². The lowest BCUT2D eigenvalue weighted by atomic mass is 10.0. The smallest absolute Gasteiger partial charge is 0.255 e. The number of aliphatic hydroxyl groups is 2. The van der Waals surface area contributed by atoms with E-state index >= 15 is 0 Å². The van der Waals surface area contributed by atoms with Crippen LogP contribution in [0.15, 0.2) is 18.2 Å². The summed E-state index contributed by atoms with van der Waals surface area (Å²) in [4.78, 5) is 12.0. The van der Waals surface area contributed by atoms with Crippen molar-refractivity contribution < 1.29 is 19.7 Å². The van der Waals surface area contributed by atoms with Crippen molar-refractivity contribution in [3.8, 4) is 5.75 Å². The summed E-state index contributed by atoms with van der Waals surface area (Å²) >= 11 is 5.80. The third kappa shape index (κ3) is 3.35. The van der Waals surface area contributed by atoms with Gasteiger partial charge in [0.1, 0.15) is 5.75 Å². The molecule has 3 N–H and O–H groups in total. The number of ether oxygens (including phenoxy) is 1. The van der Waals surface area contributed by atoms with Crippen molar-refractivity contribution in [3.63, 3.8) is 0 Å². The molecule has 0 fully saturated rings. The van der Waals surface area contributed by atoms with Gasteiger partial charge in [0.2, 0.25) is 0 Å². The number of methoxy groups -OCH3 is 1. The van der Waals surface area contributed by atoms with Crippen molar-refractivity contribution in [3.05, 3.63) is 28.8 Å². The van der Waals surface area contributed by atoms with E-state index in [1.807, 2.05) is 0 Å². The van der Waals surface area contributed by atoms with Crippen LogP contribution in [0.4, 0.5) is 0 Å². The number of nitrogens with one attached hydrogen (secondary N) is 1. The maximum atomic E-state index is 12.0. The fourth-order valence-electron chi connectivity index (χ4n) is 1.32. The topological polar surface area (TPSA) is 78.8 Å². The lowest BCUT2D eigenvalue weighted by molar-refractivity contribution is 0.0721. The summed E-state index contributed by atoms with van der Waals surface area (Å²) in [5.41, 5.74) is -0.795. The van der Waals surface area contributed by atoms with Crippen LogP contribution in [0.3, 0.4) is 0 Å². The molecule has 0 unspecified atom stereocenters. The first kappa shape index (κ1) is 14.8. The normalized spacial score (nSPS) is 11.2. The molecule has 0 saturated carbocycles. The summed E-state index contributed by atoms with van der Waals surface area (Å²) < 4.78 is 5.06. The van der Waals surface area contributed by atoms with Gasteiger partial charge in [0.15, 0.2) is 0 Å². The predicted molar refractivity (Wildman–Crippen MR) is 68.0 cm³/mol. The molecule has 0 atom stereocenters. The maximum Gasteiger partial charge on any atom is 0.255 e. The second kappa shape index (κ2) is 6.04. The number of carbonyl (C=O) groups excluding carboxylic acids is 1. The Morgan fingerprint density at radius 3 is 2.56 bits per heavy atom. The first-order valence-corrected chi connectivity index (χ1v) is 5.71. The minimum Gasteiger partial charge on any atom is -0.496 e. The van der Waals surface area contributed by atoms with Crippen molar-refractivity contribution in [2.75, 3.05) is 20.3 Å². The number of rotatable bonds is 5. The Kier molecular flexibility index (Phi) is 4.95. The largest absolute Gasteiger partial charge is 0.496 e. The Morgan fingerprint density at radius 1 is 1.44 bits per heavy atom. The molecule has 0 aromatic heterocycles. The highest BCUT2D eigenvalue weighted by molar-refractivity contribution is 6.30. The molecule has 5 nitrogen and oxygen atoms in total. The SMILES string of the molecule is COc1cc(Cl)ccc1C(=O)NC(C)(CO)CO. The lowest BCUT2D eigenvalue weighted by Gasteiger charge is -2.26. The summed E-state index contributed by atoms with van der Waals surface area (Å²) in [6.45, 7) is 0.795. The molecule has 100 valence electrons. The first-order chi connectivity index (χ1) is 8.45. The molecule has 0 aliphatic rings. The quantitative estimate of drug-likeness (QED) is 0.742. The van der Waals surface area contributed by atoms with E-state index < -0.39 is 11.4 Å². The predicted octanol–water partition coefficient (Wildman–Crippen LogP) is 0.822. The molecule has 0 aliphatic heterocycles. The van der Waals surface area contributed by atoms with Gasteiger partial charge in [-0.2, -0.15) is 0 Å². The maximum absolute atomic E-state index is 12.0. The highest BCUT2D eigenvalue weighted by atomic mass is 35.5. The fourth-order valence-corrected chi connectivity index (χ4v) is 1.49. The summed E-state index contributed by atoms with van der Waals surface area (Å²) in [5.74, 6) is -0.118. The Balaban J connectivity index is 2.97. The minimum absolute atomic E-state index is 0.287. The van der Waals surface area contributed by atoms with E-state index in [9.17, 15) is 4.79 Å². The van der Waals surface area contributed by atoms with E-state index in [2.05, 4.69) is 5.32 Å². The van der Waals surface area contributed by atoms with E-state index in [0.717, 1.165) is 0 Å². The number of hydrogen-bond acceptors (Lipinski definition) is 4. The van der Waals surface area contributed by atoms with Crippen LogP contribution in [0.1, 0.15) is 17.3 Å². The van der Waals surface area contributed by atoms with Crippen LogP contribution in [0.5, 0.6) is 5.75 Å². The van der Waals surface area contributed by atoms with E-state index in [1.54, 1.807) is 6.07 Å². The van der Waals surface area contributed by atoms with Crippen LogP contribution in [0.25, 0.3) is 0 Å². The van der Waals surface area contributed by atoms with Crippen LogP contribution in [0, 0.1) is 0 Å². The number of hydrogen-bond donors (Lipinski definition) is 3. The van der Waals surface area contributed by atoms with E-state index in [0.29, 0.717) is 10.8 Å². The van der Waals surface area contributed by atoms with Gasteiger partial charge in [-0.15, -0.1) is 0 Å². The summed E-state index contributed by atoms with van der Waals surface area (Å²) in [7, 11) is 1.43. The van der Waals surface area contributed by atoms with Crippen molar-refractivity contribution in [1.29, 1.82) is 0 Å². The van der Waals surface area contributed by atoms with Gasteiger partial charge in [-0.3, -0.25) is 4.79 Å². The number of aliphatic hydroxyl groups excluding tert-OH is 2. The van der Waals surface area contributed by atoms with E-state index in [4.69, 9.17) is 26.6 Å². The van der Waals surface area contributed by atoms with Crippen molar-refractivity contribution in [2.45, 2.75) is 12.5 Å². The summed E-state index contributed by atoms with van der Waals surface area (Å²) in [6, 6.07) is 4.60. The van der Waals surface area contributed by atoms with Crippen LogP contribution in [-0.2, 0) is 0 Å². The fraction of sp³-hybridized carbons (Fsp3) is 0.417. The van der Waals surface area contributed by atoms with Crippen molar-refractivity contribution >= 4 is 17.5 Å². The third-order valence-corrected chi connectivity index (χ3v) is 2.76. The van der Waals surface area contributed by atoms with Gasteiger partial charge in [-0.25, -0.2) is 0 Å². The zero-order valence-corrected chi connectivity index (χ0v) is 11.0. The van der Waals surface area contributed by atoms with Gasteiger partial charge in [0.25, 0.3) is 5.91 Å². The molecule has 0 bridgehead atoms. The average molecular weight is 274 g/mol. The van der Waals surface area contributed by atoms with Crippen LogP contribution >= 0.6 is 11.6 Å². The molecule has 6 heteroatoms. The van der Waals surface area contributed by atoms with Gasteiger partial charge in [0, 0.05) is 5.02 Å². The molecule has 0 aliphatic carbocycles. The number of carbonyl (C=O) groups is 1. The standard InChI is InChI=1S/C12H16ClNO4/c1-12(6-15,7-16)14-11(17)9-4-3-8(13)5-10(9)18-2/h3-5,15-16H,6-7H2,1-2H3,(H,14,17). The molecule has 1 rings (SSSR count). The molecule has 0 spiro atoms. The zero-order chi connectivity index (χ0) is 13.8. The molecule has 1 aromatic rings. The zero-order valence-electron chi connectivity index (χ0n) is 10.2. The lowest BCUT2D eigenvalue weighted by Crippen LogP contribution is -2.51. The molecule has 0 radical (unpaired) electrons. The Labute approximate surface area is 110 Å². The third-order valence-electron chi connectivity index (χ3n) is 2.52. The Hall–Kier alpha value is -1.30.